The van der Waals surface area contributed by atoms with E-state index in [1.165, 1.54) is 10.9 Å². The predicted molar refractivity (Wildman–Crippen MR) is 150 cm³/mol. The van der Waals surface area contributed by atoms with E-state index in [-0.39, 0.29) is 5.91 Å². The molecule has 0 aliphatic heterocycles. The normalized spacial score (nSPS) is 11.1. The number of rotatable bonds is 12. The van der Waals surface area contributed by atoms with Crippen LogP contribution in [-0.2, 0) is 24.2 Å². The maximum atomic E-state index is 12.3. The first-order chi connectivity index (χ1) is 18.3. The third kappa shape index (κ3) is 6.36. The van der Waals surface area contributed by atoms with Crippen molar-refractivity contribution in [3.63, 3.8) is 0 Å². The van der Waals surface area contributed by atoms with E-state index in [1.807, 2.05) is 48.5 Å². The summed E-state index contributed by atoms with van der Waals surface area (Å²) < 4.78 is 8.47. The number of hydrogen-bond donors (Lipinski definition) is 1. The van der Waals surface area contributed by atoms with Gasteiger partial charge in [0.05, 0.1) is 17.6 Å². The van der Waals surface area contributed by atoms with Gasteiger partial charge in [0.25, 0.3) is 0 Å². The molecule has 0 radical (unpaired) electrons. The fourth-order valence-electron chi connectivity index (χ4n) is 4.76. The maximum Gasteiger partial charge on any atom is 0.220 e. The molecular weight excluding hydrogens is 458 g/mol. The topological polar surface area (TPSA) is 56.2 Å². The first kappa shape index (κ1) is 24.6. The van der Waals surface area contributed by atoms with Crippen LogP contribution in [0.3, 0.4) is 0 Å². The Morgan fingerprint density at radius 2 is 1.59 bits per heavy atom. The van der Waals surface area contributed by atoms with Crippen LogP contribution in [-0.4, -0.2) is 28.6 Å². The van der Waals surface area contributed by atoms with E-state index in [4.69, 9.17) is 9.72 Å². The van der Waals surface area contributed by atoms with Gasteiger partial charge in [-0.15, -0.1) is 0 Å². The summed E-state index contributed by atoms with van der Waals surface area (Å²) >= 11 is 0. The highest BCUT2D eigenvalue weighted by Crippen LogP contribution is 2.25. The van der Waals surface area contributed by atoms with Crippen LogP contribution in [0.25, 0.3) is 21.8 Å². The molecule has 188 valence electrons. The van der Waals surface area contributed by atoms with Crippen LogP contribution in [0.1, 0.15) is 30.7 Å². The summed E-state index contributed by atoms with van der Waals surface area (Å²) in [4.78, 5) is 17.2. The van der Waals surface area contributed by atoms with E-state index in [0.717, 1.165) is 60.2 Å². The number of aryl methyl sites for hydroxylation is 3. The highest BCUT2D eigenvalue weighted by Gasteiger charge is 2.11. The second-order valence-electron chi connectivity index (χ2n) is 9.29. The van der Waals surface area contributed by atoms with E-state index in [9.17, 15) is 4.79 Å². The molecule has 0 saturated heterocycles. The zero-order valence-corrected chi connectivity index (χ0v) is 21.1. The minimum atomic E-state index is 0.0999. The number of para-hydroxylation sites is 2. The summed E-state index contributed by atoms with van der Waals surface area (Å²) in [6, 6.07) is 32.9. The molecule has 1 amide bonds. The van der Waals surface area contributed by atoms with Crippen molar-refractivity contribution < 1.29 is 9.53 Å². The van der Waals surface area contributed by atoms with Crippen molar-refractivity contribution in [3.8, 4) is 5.75 Å². The van der Waals surface area contributed by atoms with Crippen molar-refractivity contribution in [2.45, 2.75) is 38.6 Å². The molecule has 1 aromatic heterocycles. The van der Waals surface area contributed by atoms with Crippen LogP contribution in [0.2, 0.25) is 0 Å². The molecular formula is C32H33N3O2. The molecule has 1 N–H and O–H groups in total. The summed E-state index contributed by atoms with van der Waals surface area (Å²) in [7, 11) is 0. The molecule has 0 atom stereocenters. The summed E-state index contributed by atoms with van der Waals surface area (Å²) in [6.45, 7) is 2.13. The number of carbonyl (C=O) groups excluding carboxylic acids is 1. The van der Waals surface area contributed by atoms with Gasteiger partial charge in [0.2, 0.25) is 5.91 Å². The first-order valence-corrected chi connectivity index (χ1v) is 13.1. The van der Waals surface area contributed by atoms with Gasteiger partial charge >= 0.3 is 0 Å². The Hall–Kier alpha value is -4.12. The average molecular weight is 492 g/mol. The molecule has 0 unspecified atom stereocenters. The Morgan fingerprint density at radius 3 is 2.51 bits per heavy atom. The van der Waals surface area contributed by atoms with Crippen molar-refractivity contribution >= 4 is 27.7 Å². The van der Waals surface area contributed by atoms with Crippen LogP contribution in [0.15, 0.2) is 97.1 Å². The van der Waals surface area contributed by atoms with E-state index in [1.54, 1.807) is 0 Å². The molecule has 1 heterocycles. The second-order valence-corrected chi connectivity index (χ2v) is 9.29. The maximum absolute atomic E-state index is 12.3. The third-order valence-electron chi connectivity index (χ3n) is 6.65. The van der Waals surface area contributed by atoms with Gasteiger partial charge in [0.15, 0.2) is 0 Å². The predicted octanol–water partition coefficient (Wildman–Crippen LogP) is 6.34. The standard InChI is InChI=1S/C32H33N3O2/c36-32(21-20-25-11-2-1-3-12-25)33-22-9-19-31-34-28-16-6-7-17-29(28)35(31)23-10-24-37-30-18-8-14-26-13-4-5-15-27(26)30/h1-8,11-18H,9-10,19-24H2,(H,33,36). The molecule has 0 spiro atoms. The van der Waals surface area contributed by atoms with Gasteiger partial charge in [0.1, 0.15) is 11.6 Å². The molecule has 0 aliphatic carbocycles. The lowest BCUT2D eigenvalue weighted by Crippen LogP contribution is -2.25. The van der Waals surface area contributed by atoms with Gasteiger partial charge in [-0.25, -0.2) is 4.98 Å². The average Bonchev–Trinajstić information content (AvgIpc) is 3.30. The van der Waals surface area contributed by atoms with Gasteiger partial charge in [0, 0.05) is 31.3 Å². The minimum Gasteiger partial charge on any atom is -0.493 e. The number of ether oxygens (including phenoxy) is 1. The second kappa shape index (κ2) is 12.2. The number of amides is 1. The Bertz CT molecular complexity index is 1450. The fraction of sp³-hybridized carbons (Fsp3) is 0.250. The van der Waals surface area contributed by atoms with Crippen molar-refractivity contribution in [1.82, 2.24) is 14.9 Å². The van der Waals surface area contributed by atoms with Crippen LogP contribution >= 0.6 is 0 Å². The zero-order chi connectivity index (χ0) is 25.3. The number of benzene rings is 4. The molecule has 0 bridgehead atoms. The number of fused-ring (bicyclic) bond motifs is 2. The lowest BCUT2D eigenvalue weighted by Gasteiger charge is -2.12. The largest absolute Gasteiger partial charge is 0.493 e. The lowest BCUT2D eigenvalue weighted by molar-refractivity contribution is -0.121. The first-order valence-electron chi connectivity index (χ1n) is 13.1. The number of imidazole rings is 1. The highest BCUT2D eigenvalue weighted by atomic mass is 16.5. The zero-order valence-electron chi connectivity index (χ0n) is 21.1. The molecule has 4 aromatic carbocycles. The van der Waals surface area contributed by atoms with Crippen LogP contribution in [0.4, 0.5) is 0 Å². The smallest absolute Gasteiger partial charge is 0.220 e. The Balaban J connectivity index is 1.13. The molecule has 0 aliphatic rings. The molecule has 5 rings (SSSR count). The SMILES string of the molecule is O=C(CCc1ccccc1)NCCCc1nc2ccccc2n1CCCOc1cccc2ccccc12. The minimum absolute atomic E-state index is 0.0999. The van der Waals surface area contributed by atoms with Gasteiger partial charge < -0.3 is 14.6 Å². The van der Waals surface area contributed by atoms with Crippen molar-refractivity contribution in [2.75, 3.05) is 13.2 Å². The quantitative estimate of drug-likeness (QED) is 0.207. The molecule has 0 fully saturated rings. The molecule has 0 saturated carbocycles. The summed E-state index contributed by atoms with van der Waals surface area (Å²) in [6.07, 6.45) is 3.83. The number of nitrogens with one attached hydrogen (secondary N) is 1. The van der Waals surface area contributed by atoms with Crippen LogP contribution in [0.5, 0.6) is 5.75 Å². The van der Waals surface area contributed by atoms with Crippen LogP contribution in [0, 0.1) is 0 Å². The Labute approximate surface area is 218 Å². The third-order valence-corrected chi connectivity index (χ3v) is 6.65. The monoisotopic (exact) mass is 491 g/mol. The van der Waals surface area contributed by atoms with Crippen molar-refractivity contribution in [1.29, 1.82) is 0 Å². The summed E-state index contributed by atoms with van der Waals surface area (Å²) in [5.41, 5.74) is 3.35. The lowest BCUT2D eigenvalue weighted by atomic mass is 10.1. The van der Waals surface area contributed by atoms with Gasteiger partial charge in [-0.05, 0) is 48.4 Å². The number of hydrogen-bond acceptors (Lipinski definition) is 3. The number of aromatic nitrogens is 2. The fourth-order valence-corrected chi connectivity index (χ4v) is 4.76. The summed E-state index contributed by atoms with van der Waals surface area (Å²) in [5.74, 6) is 2.09. The van der Waals surface area contributed by atoms with Gasteiger partial charge in [-0.2, -0.15) is 0 Å². The van der Waals surface area contributed by atoms with E-state index >= 15 is 0 Å². The molecule has 37 heavy (non-hydrogen) atoms. The van der Waals surface area contributed by atoms with Gasteiger partial charge in [-0.3, -0.25) is 4.79 Å². The summed E-state index contributed by atoms with van der Waals surface area (Å²) in [5, 5.41) is 5.40. The molecule has 5 nitrogen and oxygen atoms in total. The van der Waals surface area contributed by atoms with Crippen LogP contribution < -0.4 is 10.1 Å². The van der Waals surface area contributed by atoms with Crippen molar-refractivity contribution in [3.05, 3.63) is 108 Å². The highest BCUT2D eigenvalue weighted by molar-refractivity contribution is 5.88. The molecule has 5 heteroatoms. The molecule has 5 aromatic rings. The van der Waals surface area contributed by atoms with Crippen molar-refractivity contribution in [2.24, 2.45) is 0 Å². The number of nitrogens with zero attached hydrogens (tertiary/aromatic N) is 2. The van der Waals surface area contributed by atoms with Gasteiger partial charge in [-0.1, -0.05) is 78.9 Å². The van der Waals surface area contributed by atoms with E-state index in [2.05, 4.69) is 58.4 Å². The Kier molecular flexibility index (Phi) is 8.11. The van der Waals surface area contributed by atoms with E-state index < -0.39 is 0 Å². The van der Waals surface area contributed by atoms with E-state index in [0.29, 0.717) is 19.6 Å². The number of carbonyl (C=O) groups is 1. The Morgan fingerprint density at radius 1 is 0.811 bits per heavy atom.